The molecule has 0 amide bonds. The molecule has 1 N–H and O–H groups in total. The summed E-state index contributed by atoms with van der Waals surface area (Å²) in [5, 5.41) is 3.15. The van der Waals surface area contributed by atoms with E-state index < -0.39 is 6.43 Å². The Bertz CT molecular complexity index is 421. The van der Waals surface area contributed by atoms with E-state index in [1.807, 2.05) is 27.7 Å². The van der Waals surface area contributed by atoms with Crippen LogP contribution < -0.4 is 10.2 Å². The van der Waals surface area contributed by atoms with Gasteiger partial charge in [0.15, 0.2) is 0 Å². The van der Waals surface area contributed by atoms with Crippen molar-refractivity contribution in [1.29, 1.82) is 0 Å². The van der Waals surface area contributed by atoms with E-state index in [2.05, 4.69) is 15.3 Å². The maximum atomic E-state index is 12.5. The number of anilines is 2. The van der Waals surface area contributed by atoms with Gasteiger partial charge in [0.2, 0.25) is 0 Å². The average Bonchev–Trinajstić information content (AvgIpc) is 2.30. The molecule has 1 rings (SSSR count). The zero-order valence-corrected chi connectivity index (χ0v) is 12.2. The summed E-state index contributed by atoms with van der Waals surface area (Å²) in [6.07, 6.45) is -2.38. The number of hydrogen-bond donors (Lipinski definition) is 1. The summed E-state index contributed by atoms with van der Waals surface area (Å²) < 4.78 is 25.0. The van der Waals surface area contributed by atoms with Crippen LogP contribution in [0.4, 0.5) is 20.4 Å². The zero-order chi connectivity index (χ0) is 14.6. The highest BCUT2D eigenvalue weighted by molar-refractivity contribution is 5.58. The van der Waals surface area contributed by atoms with Crippen molar-refractivity contribution >= 4 is 11.6 Å². The molecule has 0 aliphatic carbocycles. The fourth-order valence-corrected chi connectivity index (χ4v) is 1.78. The van der Waals surface area contributed by atoms with Crippen LogP contribution in [0.1, 0.15) is 38.1 Å². The maximum Gasteiger partial charge on any atom is 0.255 e. The van der Waals surface area contributed by atoms with Gasteiger partial charge in [-0.2, -0.15) is 0 Å². The number of alkyl halides is 2. The van der Waals surface area contributed by atoms with Crippen LogP contribution in [0, 0.1) is 6.92 Å². The van der Waals surface area contributed by atoms with Gasteiger partial charge in [-0.1, -0.05) is 13.8 Å². The van der Waals surface area contributed by atoms with Gasteiger partial charge in [-0.3, -0.25) is 0 Å². The molecule has 0 unspecified atom stereocenters. The first-order valence-corrected chi connectivity index (χ1v) is 6.48. The van der Waals surface area contributed by atoms with Crippen molar-refractivity contribution in [2.75, 3.05) is 30.4 Å². The average molecular weight is 272 g/mol. The summed E-state index contributed by atoms with van der Waals surface area (Å²) in [4.78, 5) is 10.3. The minimum Gasteiger partial charge on any atom is -0.370 e. The number of nitrogens with zero attached hydrogens (tertiary/aromatic N) is 3. The molecule has 0 aliphatic heterocycles. The quantitative estimate of drug-likeness (QED) is 0.864. The lowest BCUT2D eigenvalue weighted by Gasteiger charge is -2.22. The molecule has 6 heteroatoms. The number of rotatable bonds is 6. The molecule has 0 aromatic carbocycles. The highest BCUT2D eigenvalue weighted by atomic mass is 19.3. The molecule has 1 aromatic rings. The SMILES string of the molecule is CCNc1nc(C(C)C)nc(N(C)CC(F)F)c1C. The molecule has 0 atom stereocenters. The Hall–Kier alpha value is -1.46. The molecular formula is C13H22F2N4. The van der Waals surface area contributed by atoms with Crippen LogP contribution in [0.5, 0.6) is 0 Å². The van der Waals surface area contributed by atoms with E-state index in [1.54, 1.807) is 7.05 Å². The summed E-state index contributed by atoms with van der Waals surface area (Å²) in [6, 6.07) is 0. The van der Waals surface area contributed by atoms with E-state index in [0.29, 0.717) is 11.6 Å². The Morgan fingerprint density at radius 3 is 2.37 bits per heavy atom. The molecule has 0 saturated heterocycles. The predicted molar refractivity (Wildman–Crippen MR) is 74.3 cm³/mol. The second-order valence-electron chi connectivity index (χ2n) is 4.84. The van der Waals surface area contributed by atoms with E-state index >= 15 is 0 Å². The van der Waals surface area contributed by atoms with E-state index in [1.165, 1.54) is 4.90 Å². The molecule has 1 aromatic heterocycles. The van der Waals surface area contributed by atoms with Gasteiger partial charge in [0.25, 0.3) is 6.43 Å². The lowest BCUT2D eigenvalue weighted by atomic mass is 10.2. The monoisotopic (exact) mass is 272 g/mol. The van der Waals surface area contributed by atoms with Crippen LogP contribution in [0.2, 0.25) is 0 Å². The third-order valence-electron chi connectivity index (χ3n) is 2.77. The van der Waals surface area contributed by atoms with Gasteiger partial charge < -0.3 is 10.2 Å². The summed E-state index contributed by atoms with van der Waals surface area (Å²) in [5.74, 6) is 2.10. The molecule has 0 radical (unpaired) electrons. The summed E-state index contributed by atoms with van der Waals surface area (Å²) in [7, 11) is 1.63. The fraction of sp³-hybridized carbons (Fsp3) is 0.692. The van der Waals surface area contributed by atoms with E-state index in [4.69, 9.17) is 0 Å². The van der Waals surface area contributed by atoms with E-state index in [9.17, 15) is 8.78 Å². The molecule has 0 saturated carbocycles. The Morgan fingerprint density at radius 2 is 1.89 bits per heavy atom. The summed E-state index contributed by atoms with van der Waals surface area (Å²) in [5.41, 5.74) is 0.800. The largest absolute Gasteiger partial charge is 0.370 e. The smallest absolute Gasteiger partial charge is 0.255 e. The molecular weight excluding hydrogens is 250 g/mol. The fourth-order valence-electron chi connectivity index (χ4n) is 1.78. The van der Waals surface area contributed by atoms with E-state index in [0.717, 1.165) is 17.9 Å². The van der Waals surface area contributed by atoms with Crippen molar-refractivity contribution in [3.63, 3.8) is 0 Å². The van der Waals surface area contributed by atoms with Crippen molar-refractivity contribution in [3.8, 4) is 0 Å². The Morgan fingerprint density at radius 1 is 1.26 bits per heavy atom. The zero-order valence-electron chi connectivity index (χ0n) is 12.2. The van der Waals surface area contributed by atoms with E-state index in [-0.39, 0.29) is 12.5 Å². The van der Waals surface area contributed by atoms with Gasteiger partial charge in [0, 0.05) is 25.1 Å². The van der Waals surface area contributed by atoms with Crippen molar-refractivity contribution in [2.24, 2.45) is 0 Å². The van der Waals surface area contributed by atoms with Gasteiger partial charge in [-0.05, 0) is 13.8 Å². The predicted octanol–water partition coefficient (Wildman–Crippen LogP) is 3.04. The first kappa shape index (κ1) is 15.6. The standard InChI is InChI=1S/C13H22F2N4/c1-6-16-12-9(4)13(19(5)7-10(14)15)18-11(17-12)8(2)3/h8,10H,6-7H2,1-5H3,(H,16,17,18). The van der Waals surface area contributed by atoms with Crippen molar-refractivity contribution < 1.29 is 8.78 Å². The molecule has 1 heterocycles. The molecule has 19 heavy (non-hydrogen) atoms. The first-order valence-electron chi connectivity index (χ1n) is 6.48. The normalized spacial score (nSPS) is 11.2. The topological polar surface area (TPSA) is 41.1 Å². The number of halogens is 2. The van der Waals surface area contributed by atoms with Crippen LogP contribution in [0.25, 0.3) is 0 Å². The maximum absolute atomic E-state index is 12.5. The van der Waals surface area contributed by atoms with Crippen LogP contribution in [-0.4, -0.2) is 36.5 Å². The number of aromatic nitrogens is 2. The van der Waals surface area contributed by atoms with Gasteiger partial charge in [-0.25, -0.2) is 18.7 Å². The van der Waals surface area contributed by atoms with Crippen LogP contribution in [-0.2, 0) is 0 Å². The summed E-state index contributed by atoms with van der Waals surface area (Å²) >= 11 is 0. The summed E-state index contributed by atoms with van der Waals surface area (Å²) in [6.45, 7) is 8.18. The van der Waals surface area contributed by atoms with Gasteiger partial charge >= 0.3 is 0 Å². The third kappa shape index (κ3) is 4.01. The third-order valence-corrected chi connectivity index (χ3v) is 2.77. The second kappa shape index (κ2) is 6.63. The molecule has 0 spiro atoms. The van der Waals surface area contributed by atoms with Crippen LogP contribution in [0.3, 0.4) is 0 Å². The number of nitrogens with one attached hydrogen (secondary N) is 1. The highest BCUT2D eigenvalue weighted by Gasteiger charge is 2.17. The minimum atomic E-state index is -2.38. The first-order chi connectivity index (χ1) is 8.86. The number of hydrogen-bond acceptors (Lipinski definition) is 4. The highest BCUT2D eigenvalue weighted by Crippen LogP contribution is 2.25. The Balaban J connectivity index is 3.20. The van der Waals surface area contributed by atoms with Crippen molar-refractivity contribution in [2.45, 2.75) is 40.0 Å². The van der Waals surface area contributed by atoms with Crippen molar-refractivity contribution in [1.82, 2.24) is 9.97 Å². The van der Waals surface area contributed by atoms with Gasteiger partial charge in [0.05, 0.1) is 6.54 Å². The molecule has 0 aliphatic rings. The second-order valence-corrected chi connectivity index (χ2v) is 4.84. The molecule has 0 fully saturated rings. The van der Waals surface area contributed by atoms with Gasteiger partial charge in [-0.15, -0.1) is 0 Å². The van der Waals surface area contributed by atoms with Gasteiger partial charge in [0.1, 0.15) is 17.5 Å². The van der Waals surface area contributed by atoms with Crippen LogP contribution in [0.15, 0.2) is 0 Å². The molecule has 4 nitrogen and oxygen atoms in total. The Kier molecular flexibility index (Phi) is 5.44. The lowest BCUT2D eigenvalue weighted by molar-refractivity contribution is 0.156. The van der Waals surface area contributed by atoms with Crippen molar-refractivity contribution in [3.05, 3.63) is 11.4 Å². The lowest BCUT2D eigenvalue weighted by Crippen LogP contribution is -2.27. The minimum absolute atomic E-state index is 0.150. The van der Waals surface area contributed by atoms with Crippen LogP contribution >= 0.6 is 0 Å². The molecule has 0 bridgehead atoms. The molecule has 108 valence electrons. The Labute approximate surface area is 113 Å².